The molecule has 3 nitrogen and oxygen atoms in total. The molecule has 0 amide bonds. The predicted molar refractivity (Wildman–Crippen MR) is 84.6 cm³/mol. The van der Waals surface area contributed by atoms with Crippen LogP contribution in [0.2, 0.25) is 0 Å². The van der Waals surface area contributed by atoms with E-state index in [1.165, 1.54) is 5.57 Å². The van der Waals surface area contributed by atoms with Crippen molar-refractivity contribution in [2.24, 2.45) is 0 Å². The van der Waals surface area contributed by atoms with E-state index in [9.17, 15) is 0 Å². The van der Waals surface area contributed by atoms with Crippen LogP contribution >= 0.6 is 0 Å². The minimum absolute atomic E-state index is 0. The molecule has 0 aromatic rings. The molecule has 0 aromatic heterocycles. The van der Waals surface area contributed by atoms with E-state index in [-0.39, 0.29) is 26.2 Å². The first-order valence-corrected chi connectivity index (χ1v) is 6.82. The van der Waals surface area contributed by atoms with Crippen LogP contribution in [0, 0.1) is 6.08 Å². The third-order valence-corrected chi connectivity index (χ3v) is 1.62. The predicted octanol–water partition coefficient (Wildman–Crippen LogP) is 6.04. The van der Waals surface area contributed by atoms with Crippen molar-refractivity contribution in [3.63, 3.8) is 0 Å². The molecule has 3 N–H and O–H groups in total. The van der Waals surface area contributed by atoms with E-state index in [1.807, 2.05) is 20.8 Å². The summed E-state index contributed by atoms with van der Waals surface area (Å²) in [5.74, 6) is 0. The van der Waals surface area contributed by atoms with Gasteiger partial charge in [0.1, 0.15) is 0 Å². The van der Waals surface area contributed by atoms with Gasteiger partial charge in [-0.1, -0.05) is 47.0 Å². The van der Waals surface area contributed by atoms with Crippen molar-refractivity contribution in [2.45, 2.75) is 53.4 Å². The SMILES string of the molecule is CC1=[C-]CC=C1.CCC[NH-].CCC[NH-].CCC[NH-].[Zr+4]. The van der Waals surface area contributed by atoms with Crippen LogP contribution in [0.4, 0.5) is 0 Å². The molecule has 0 saturated carbocycles. The smallest absolute Gasteiger partial charge is 0.677 e. The average molecular weight is 345 g/mol. The maximum absolute atomic E-state index is 6.45. The van der Waals surface area contributed by atoms with Gasteiger partial charge in [0.25, 0.3) is 0 Å². The van der Waals surface area contributed by atoms with Gasteiger partial charge in [0.05, 0.1) is 0 Å². The summed E-state index contributed by atoms with van der Waals surface area (Å²) >= 11 is 0. The van der Waals surface area contributed by atoms with Crippen molar-refractivity contribution >= 4 is 0 Å². The molecule has 0 spiro atoms. The molecule has 0 saturated heterocycles. The Hall–Kier alpha value is 0.243. The Morgan fingerprint density at radius 2 is 1.26 bits per heavy atom. The fourth-order valence-electron chi connectivity index (χ4n) is 0.515. The minimum Gasteiger partial charge on any atom is -0.677 e. The maximum Gasteiger partial charge on any atom is 4.00 e. The molecule has 110 valence electrons. The number of hydrogen-bond acceptors (Lipinski definition) is 0. The number of nitrogens with one attached hydrogen (secondary N) is 3. The van der Waals surface area contributed by atoms with Gasteiger partial charge in [0.15, 0.2) is 0 Å². The molecule has 0 heterocycles. The molecule has 1 aliphatic rings. The zero-order valence-electron chi connectivity index (χ0n) is 13.1. The fraction of sp³-hybridized carbons (Fsp3) is 0.733. The number of allylic oxidation sites excluding steroid dienone is 4. The summed E-state index contributed by atoms with van der Waals surface area (Å²) in [5, 5.41) is 0. The van der Waals surface area contributed by atoms with Gasteiger partial charge >= 0.3 is 26.2 Å². The van der Waals surface area contributed by atoms with Gasteiger partial charge in [-0.05, 0) is 0 Å². The van der Waals surface area contributed by atoms with Gasteiger partial charge in [0.2, 0.25) is 0 Å². The summed E-state index contributed by atoms with van der Waals surface area (Å²) in [6.45, 7) is 9.75. The van der Waals surface area contributed by atoms with Crippen LogP contribution in [0.1, 0.15) is 53.4 Å². The number of hydrogen-bond donors (Lipinski definition) is 0. The Bertz CT molecular complexity index is 162. The zero-order chi connectivity index (χ0) is 14.6. The van der Waals surface area contributed by atoms with Crippen molar-refractivity contribution < 1.29 is 26.2 Å². The molecule has 0 bridgehead atoms. The van der Waals surface area contributed by atoms with Crippen LogP contribution in [0.15, 0.2) is 17.7 Å². The van der Waals surface area contributed by atoms with E-state index >= 15 is 0 Å². The fourth-order valence-corrected chi connectivity index (χ4v) is 0.515. The largest absolute Gasteiger partial charge is 4.00 e. The quantitative estimate of drug-likeness (QED) is 0.560. The van der Waals surface area contributed by atoms with Gasteiger partial charge in [-0.25, -0.2) is 11.6 Å². The maximum atomic E-state index is 6.45. The molecule has 0 atom stereocenters. The van der Waals surface area contributed by atoms with Crippen molar-refractivity contribution in [1.29, 1.82) is 0 Å². The molecule has 0 fully saturated rings. The summed E-state index contributed by atoms with van der Waals surface area (Å²) < 4.78 is 0. The Kier molecular flexibility index (Phi) is 44.9. The second-order valence-electron chi connectivity index (χ2n) is 3.72. The second-order valence-corrected chi connectivity index (χ2v) is 3.72. The Labute approximate surface area is 140 Å². The molecular weight excluding hydrogens is 313 g/mol. The van der Waals surface area contributed by atoms with Gasteiger partial charge < -0.3 is 17.2 Å². The van der Waals surface area contributed by atoms with Crippen molar-refractivity contribution in [1.82, 2.24) is 0 Å². The Balaban J connectivity index is -0.0000000796. The van der Waals surface area contributed by atoms with Gasteiger partial charge in [-0.2, -0.15) is 25.7 Å². The van der Waals surface area contributed by atoms with Gasteiger partial charge in [0, 0.05) is 0 Å². The summed E-state index contributed by atoms with van der Waals surface area (Å²) in [6.07, 6.45) is 11.3. The molecule has 0 unspecified atom stereocenters. The molecule has 1 rings (SSSR count). The van der Waals surface area contributed by atoms with E-state index in [4.69, 9.17) is 17.2 Å². The summed E-state index contributed by atoms with van der Waals surface area (Å²) in [4.78, 5) is 0. The average Bonchev–Trinajstić information content (AvgIpc) is 2.90. The van der Waals surface area contributed by atoms with E-state index < -0.39 is 0 Å². The topological polar surface area (TPSA) is 71.4 Å². The van der Waals surface area contributed by atoms with Crippen LogP contribution in [0.25, 0.3) is 17.2 Å². The monoisotopic (exact) mass is 343 g/mol. The van der Waals surface area contributed by atoms with E-state index in [1.54, 1.807) is 0 Å². The van der Waals surface area contributed by atoms with Crippen LogP contribution in [0.5, 0.6) is 0 Å². The normalized spacial score (nSPS) is 10.6. The molecule has 0 aromatic carbocycles. The zero-order valence-corrected chi connectivity index (χ0v) is 15.6. The summed E-state index contributed by atoms with van der Waals surface area (Å²) in [5.41, 5.74) is 20.6. The van der Waals surface area contributed by atoms with E-state index in [2.05, 4.69) is 25.2 Å². The third kappa shape index (κ3) is 45.9. The second kappa shape index (κ2) is 30.9. The summed E-state index contributed by atoms with van der Waals surface area (Å²) in [7, 11) is 0. The molecule has 0 radical (unpaired) electrons. The third-order valence-electron chi connectivity index (χ3n) is 1.62. The van der Waals surface area contributed by atoms with E-state index in [0.29, 0.717) is 19.6 Å². The van der Waals surface area contributed by atoms with Crippen molar-refractivity contribution in [3.8, 4) is 0 Å². The van der Waals surface area contributed by atoms with Gasteiger partial charge in [-0.15, -0.1) is 6.42 Å². The molecule has 1 aliphatic carbocycles. The first-order valence-electron chi connectivity index (χ1n) is 6.82. The number of rotatable bonds is 3. The molecule has 19 heavy (non-hydrogen) atoms. The van der Waals surface area contributed by atoms with Crippen LogP contribution in [-0.2, 0) is 26.2 Å². The Morgan fingerprint density at radius 1 is 0.947 bits per heavy atom. The molecular formula is C15H31N3Zr. The van der Waals surface area contributed by atoms with Gasteiger partial charge in [-0.3, -0.25) is 6.08 Å². The molecule has 4 heteroatoms. The van der Waals surface area contributed by atoms with E-state index in [0.717, 1.165) is 25.7 Å². The van der Waals surface area contributed by atoms with Crippen LogP contribution in [-0.4, -0.2) is 19.6 Å². The summed E-state index contributed by atoms with van der Waals surface area (Å²) in [6, 6.07) is 0. The standard InChI is InChI=1S/C6H7.3C3H8N.Zr/c1-6-4-2-3-5-6;3*1-2-3-4;/h2,4H,3H2,1H3;3*4H,2-3H2,1H3;/q4*-1;+4. The van der Waals surface area contributed by atoms with Crippen molar-refractivity contribution in [2.75, 3.05) is 19.6 Å². The Morgan fingerprint density at radius 3 is 1.32 bits per heavy atom. The first-order chi connectivity index (χ1) is 8.64. The van der Waals surface area contributed by atoms with Crippen LogP contribution in [0.3, 0.4) is 0 Å². The first kappa shape index (κ1) is 27.6. The van der Waals surface area contributed by atoms with Crippen LogP contribution < -0.4 is 0 Å². The minimum atomic E-state index is 0. The molecule has 0 aliphatic heterocycles. The van der Waals surface area contributed by atoms with Crippen molar-refractivity contribution in [3.05, 3.63) is 41.0 Å².